The summed E-state index contributed by atoms with van der Waals surface area (Å²) in [6.07, 6.45) is 1.46. The Kier molecular flexibility index (Phi) is 7.21. The zero-order valence-electron chi connectivity index (χ0n) is 17.0. The van der Waals surface area contributed by atoms with E-state index in [1.54, 1.807) is 31.2 Å². The largest absolute Gasteiger partial charge is 0.459 e. The number of hydrogen-bond acceptors (Lipinski definition) is 3. The fourth-order valence-electron chi connectivity index (χ4n) is 2.81. The van der Waals surface area contributed by atoms with Crippen LogP contribution in [-0.4, -0.2) is 18.4 Å². The Labute approximate surface area is 175 Å². The summed E-state index contributed by atoms with van der Waals surface area (Å²) in [7, 11) is 0. The number of rotatable bonds is 7. The summed E-state index contributed by atoms with van der Waals surface area (Å²) in [5.41, 5.74) is 3.28. The lowest BCUT2D eigenvalue weighted by Gasteiger charge is -2.12. The lowest BCUT2D eigenvalue weighted by molar-refractivity contribution is 0.0996. The van der Waals surface area contributed by atoms with E-state index in [0.29, 0.717) is 30.3 Å². The van der Waals surface area contributed by atoms with E-state index in [2.05, 4.69) is 20.9 Å². The third kappa shape index (κ3) is 5.94. The van der Waals surface area contributed by atoms with Crippen molar-refractivity contribution in [2.24, 2.45) is 4.99 Å². The summed E-state index contributed by atoms with van der Waals surface area (Å²) in [5, 5.41) is 9.27. The molecule has 6 nitrogen and oxygen atoms in total. The van der Waals surface area contributed by atoms with E-state index in [0.717, 1.165) is 17.7 Å². The van der Waals surface area contributed by atoms with Gasteiger partial charge in [-0.1, -0.05) is 24.3 Å². The molecule has 1 heterocycles. The highest BCUT2D eigenvalue weighted by molar-refractivity contribution is 6.02. The SMILES string of the molecule is CCNC(=NCc1ccc(F)c(C)c1)NCc1ccc(NC(=O)c2ccco2)cc1. The topological polar surface area (TPSA) is 78.7 Å². The highest BCUT2D eigenvalue weighted by Gasteiger charge is 2.08. The maximum Gasteiger partial charge on any atom is 0.291 e. The van der Waals surface area contributed by atoms with Gasteiger partial charge in [0, 0.05) is 18.8 Å². The Hall–Kier alpha value is -3.61. The monoisotopic (exact) mass is 408 g/mol. The van der Waals surface area contributed by atoms with Crippen LogP contribution in [0.2, 0.25) is 0 Å². The number of aryl methyl sites for hydroxylation is 1. The fraction of sp³-hybridized carbons (Fsp3) is 0.217. The van der Waals surface area contributed by atoms with Crippen molar-refractivity contribution in [3.8, 4) is 0 Å². The number of hydrogen-bond donors (Lipinski definition) is 3. The molecule has 0 fully saturated rings. The van der Waals surface area contributed by atoms with Crippen molar-refractivity contribution in [3.63, 3.8) is 0 Å². The molecule has 0 saturated carbocycles. The first-order valence-electron chi connectivity index (χ1n) is 9.76. The van der Waals surface area contributed by atoms with Crippen LogP contribution in [0.25, 0.3) is 0 Å². The predicted molar refractivity (Wildman–Crippen MR) is 116 cm³/mol. The molecular formula is C23H25FN4O2. The fourth-order valence-corrected chi connectivity index (χ4v) is 2.81. The highest BCUT2D eigenvalue weighted by atomic mass is 19.1. The number of halogens is 1. The van der Waals surface area contributed by atoms with E-state index in [1.165, 1.54) is 12.3 Å². The van der Waals surface area contributed by atoms with Crippen molar-refractivity contribution in [2.45, 2.75) is 26.9 Å². The van der Waals surface area contributed by atoms with Gasteiger partial charge in [-0.15, -0.1) is 0 Å². The number of anilines is 1. The van der Waals surface area contributed by atoms with Gasteiger partial charge in [0.15, 0.2) is 11.7 Å². The van der Waals surface area contributed by atoms with Gasteiger partial charge in [-0.3, -0.25) is 4.79 Å². The quantitative estimate of drug-likeness (QED) is 0.404. The van der Waals surface area contributed by atoms with Gasteiger partial charge in [-0.05, 0) is 60.9 Å². The molecule has 3 rings (SSSR count). The van der Waals surface area contributed by atoms with Crippen LogP contribution in [0.15, 0.2) is 70.3 Å². The normalized spacial score (nSPS) is 11.2. The average molecular weight is 408 g/mol. The first-order chi connectivity index (χ1) is 14.5. The Morgan fingerprint density at radius 1 is 1.07 bits per heavy atom. The standard InChI is InChI=1S/C23H25FN4O2/c1-3-25-23(27-15-18-8-11-20(24)16(2)13-18)26-14-17-6-9-19(10-7-17)28-22(29)21-5-4-12-30-21/h4-13H,3,14-15H2,1-2H3,(H,28,29)(H2,25,26,27). The lowest BCUT2D eigenvalue weighted by Crippen LogP contribution is -2.36. The molecule has 0 unspecified atom stereocenters. The number of aliphatic imine (C=N–C) groups is 1. The number of carbonyl (C=O) groups is 1. The Balaban J connectivity index is 1.56. The van der Waals surface area contributed by atoms with Crippen LogP contribution in [0.4, 0.5) is 10.1 Å². The van der Waals surface area contributed by atoms with Gasteiger partial charge in [0.1, 0.15) is 5.82 Å². The summed E-state index contributed by atoms with van der Waals surface area (Å²) in [5.74, 6) is 0.443. The van der Waals surface area contributed by atoms with Crippen molar-refractivity contribution in [1.29, 1.82) is 0 Å². The van der Waals surface area contributed by atoms with Crippen molar-refractivity contribution in [3.05, 3.63) is 89.1 Å². The summed E-state index contributed by atoms with van der Waals surface area (Å²) in [6.45, 7) is 5.49. The summed E-state index contributed by atoms with van der Waals surface area (Å²) in [4.78, 5) is 16.6. The molecule has 0 atom stereocenters. The number of furan rings is 1. The van der Waals surface area contributed by atoms with Gasteiger partial charge in [-0.2, -0.15) is 0 Å². The molecule has 1 amide bonds. The smallest absolute Gasteiger partial charge is 0.291 e. The van der Waals surface area contributed by atoms with Crippen LogP contribution in [0.5, 0.6) is 0 Å². The summed E-state index contributed by atoms with van der Waals surface area (Å²) < 4.78 is 18.5. The Bertz CT molecular complexity index is 999. The number of benzene rings is 2. The minimum Gasteiger partial charge on any atom is -0.459 e. The second kappa shape index (κ2) is 10.2. The van der Waals surface area contributed by atoms with Crippen LogP contribution < -0.4 is 16.0 Å². The molecule has 1 aromatic heterocycles. The van der Waals surface area contributed by atoms with Crippen LogP contribution in [-0.2, 0) is 13.1 Å². The molecule has 7 heteroatoms. The van der Waals surface area contributed by atoms with E-state index in [-0.39, 0.29) is 17.5 Å². The number of guanidine groups is 1. The number of nitrogens with one attached hydrogen (secondary N) is 3. The molecule has 0 aliphatic carbocycles. The van der Waals surface area contributed by atoms with E-state index in [9.17, 15) is 9.18 Å². The maximum absolute atomic E-state index is 13.4. The molecule has 3 N–H and O–H groups in total. The molecule has 0 saturated heterocycles. The lowest BCUT2D eigenvalue weighted by atomic mass is 10.1. The Morgan fingerprint density at radius 2 is 1.83 bits per heavy atom. The van der Waals surface area contributed by atoms with E-state index in [1.807, 2.05) is 31.2 Å². The first kappa shape index (κ1) is 21.1. The summed E-state index contributed by atoms with van der Waals surface area (Å²) >= 11 is 0. The number of carbonyl (C=O) groups excluding carboxylic acids is 1. The van der Waals surface area contributed by atoms with Gasteiger partial charge in [0.25, 0.3) is 5.91 Å². The molecular weight excluding hydrogens is 383 g/mol. The molecule has 156 valence electrons. The van der Waals surface area contributed by atoms with Crippen molar-refractivity contribution < 1.29 is 13.6 Å². The second-order valence-corrected chi connectivity index (χ2v) is 6.76. The van der Waals surface area contributed by atoms with Crippen LogP contribution in [0.1, 0.15) is 34.2 Å². The molecule has 0 bridgehead atoms. The molecule has 0 aliphatic heterocycles. The molecule has 3 aromatic rings. The Morgan fingerprint density at radius 3 is 2.50 bits per heavy atom. The second-order valence-electron chi connectivity index (χ2n) is 6.76. The van der Waals surface area contributed by atoms with Gasteiger partial charge >= 0.3 is 0 Å². The van der Waals surface area contributed by atoms with Crippen molar-refractivity contribution >= 4 is 17.6 Å². The van der Waals surface area contributed by atoms with E-state index < -0.39 is 0 Å². The molecule has 0 spiro atoms. The van der Waals surface area contributed by atoms with Gasteiger partial charge in [0.2, 0.25) is 0 Å². The molecule has 2 aromatic carbocycles. The van der Waals surface area contributed by atoms with Crippen LogP contribution >= 0.6 is 0 Å². The van der Waals surface area contributed by atoms with Gasteiger partial charge in [-0.25, -0.2) is 9.38 Å². The molecule has 0 radical (unpaired) electrons. The molecule has 0 aliphatic rings. The minimum atomic E-state index is -0.288. The summed E-state index contributed by atoms with van der Waals surface area (Å²) in [6, 6.07) is 15.8. The van der Waals surface area contributed by atoms with Crippen LogP contribution in [0.3, 0.4) is 0 Å². The predicted octanol–water partition coefficient (Wildman–Crippen LogP) is 4.23. The van der Waals surface area contributed by atoms with E-state index >= 15 is 0 Å². The zero-order valence-corrected chi connectivity index (χ0v) is 17.0. The third-order valence-electron chi connectivity index (χ3n) is 4.40. The van der Waals surface area contributed by atoms with Crippen molar-refractivity contribution in [2.75, 3.05) is 11.9 Å². The number of nitrogens with zero attached hydrogens (tertiary/aromatic N) is 1. The highest BCUT2D eigenvalue weighted by Crippen LogP contribution is 2.12. The van der Waals surface area contributed by atoms with Gasteiger partial charge < -0.3 is 20.4 Å². The zero-order chi connectivity index (χ0) is 21.3. The first-order valence-corrected chi connectivity index (χ1v) is 9.76. The van der Waals surface area contributed by atoms with Crippen molar-refractivity contribution in [1.82, 2.24) is 10.6 Å². The molecule has 30 heavy (non-hydrogen) atoms. The van der Waals surface area contributed by atoms with E-state index in [4.69, 9.17) is 4.42 Å². The average Bonchev–Trinajstić information content (AvgIpc) is 3.29. The third-order valence-corrected chi connectivity index (χ3v) is 4.40. The minimum absolute atomic E-state index is 0.212. The maximum atomic E-state index is 13.4. The number of amides is 1. The van der Waals surface area contributed by atoms with Crippen LogP contribution in [0, 0.1) is 12.7 Å². The van der Waals surface area contributed by atoms with Gasteiger partial charge in [0.05, 0.1) is 12.8 Å².